The Balaban J connectivity index is 0.00000220. The summed E-state index contributed by atoms with van der Waals surface area (Å²) in [6.45, 7) is 4.58. The minimum absolute atomic E-state index is 0. The summed E-state index contributed by atoms with van der Waals surface area (Å²) >= 11 is 7.82. The third kappa shape index (κ3) is 4.52. The van der Waals surface area contributed by atoms with E-state index in [9.17, 15) is 4.79 Å². The number of rotatable bonds is 3. The first kappa shape index (κ1) is 18.6. The second kappa shape index (κ2) is 8.28. The average molecular weight is 349 g/mol. The Morgan fingerprint density at radius 1 is 1.38 bits per heavy atom. The first-order chi connectivity index (χ1) is 9.50. The van der Waals surface area contributed by atoms with E-state index in [0.29, 0.717) is 0 Å². The fourth-order valence-electron chi connectivity index (χ4n) is 2.32. The molecule has 2 rings (SSSR count). The standard InChI is InChI=1S/C15H21ClN2OS.ClH/c1-10(11(2)17)15(19)18-7-8-20-9-14(18)12-3-5-13(16)6-4-12;/h3-6,10-11,14H,7-9,17H2,1-2H3;1H. The molecule has 0 saturated carbocycles. The van der Waals surface area contributed by atoms with Crippen LogP contribution in [0.25, 0.3) is 0 Å². The van der Waals surface area contributed by atoms with Crippen LogP contribution in [-0.2, 0) is 4.79 Å². The summed E-state index contributed by atoms with van der Waals surface area (Å²) in [7, 11) is 0. The van der Waals surface area contributed by atoms with Crippen molar-refractivity contribution in [2.75, 3.05) is 18.1 Å². The first-order valence-corrected chi connectivity index (χ1v) is 8.43. The molecule has 1 heterocycles. The quantitative estimate of drug-likeness (QED) is 0.910. The van der Waals surface area contributed by atoms with E-state index in [-0.39, 0.29) is 36.3 Å². The fraction of sp³-hybridized carbons (Fsp3) is 0.533. The van der Waals surface area contributed by atoms with E-state index in [2.05, 4.69) is 0 Å². The topological polar surface area (TPSA) is 46.3 Å². The number of benzene rings is 1. The zero-order valence-electron chi connectivity index (χ0n) is 12.3. The summed E-state index contributed by atoms with van der Waals surface area (Å²) in [4.78, 5) is 14.6. The maximum atomic E-state index is 12.6. The van der Waals surface area contributed by atoms with E-state index >= 15 is 0 Å². The minimum atomic E-state index is -0.145. The molecule has 0 aromatic heterocycles. The monoisotopic (exact) mass is 348 g/mol. The lowest BCUT2D eigenvalue weighted by atomic mass is 10.00. The van der Waals surface area contributed by atoms with Gasteiger partial charge in [-0.25, -0.2) is 0 Å². The van der Waals surface area contributed by atoms with Crippen LogP contribution in [0.2, 0.25) is 5.02 Å². The highest BCUT2D eigenvalue weighted by atomic mass is 35.5. The van der Waals surface area contributed by atoms with Crippen molar-refractivity contribution >= 4 is 41.7 Å². The normalized spacial score (nSPS) is 21.3. The third-order valence-electron chi connectivity index (χ3n) is 3.84. The third-order valence-corrected chi connectivity index (χ3v) is 5.12. The van der Waals surface area contributed by atoms with E-state index in [1.54, 1.807) is 0 Å². The lowest BCUT2D eigenvalue weighted by Crippen LogP contribution is -2.46. The molecule has 1 fully saturated rings. The Morgan fingerprint density at radius 3 is 2.57 bits per heavy atom. The Bertz CT molecular complexity index is 467. The molecule has 3 unspecified atom stereocenters. The molecule has 1 aliphatic rings. The highest BCUT2D eigenvalue weighted by Gasteiger charge is 2.32. The molecule has 3 nitrogen and oxygen atoms in total. The number of hydrogen-bond donors (Lipinski definition) is 1. The van der Waals surface area contributed by atoms with Crippen LogP contribution in [0.5, 0.6) is 0 Å². The zero-order chi connectivity index (χ0) is 14.7. The van der Waals surface area contributed by atoms with Crippen LogP contribution >= 0.6 is 35.8 Å². The maximum absolute atomic E-state index is 12.6. The SMILES string of the molecule is CC(N)C(C)C(=O)N1CCSCC1c1ccc(Cl)cc1.Cl. The van der Waals surface area contributed by atoms with Gasteiger partial charge in [0.25, 0.3) is 0 Å². The lowest BCUT2D eigenvalue weighted by Gasteiger charge is -2.38. The van der Waals surface area contributed by atoms with Crippen molar-refractivity contribution in [3.05, 3.63) is 34.9 Å². The number of halogens is 2. The summed E-state index contributed by atoms with van der Waals surface area (Å²) in [6.07, 6.45) is 0. The predicted octanol–water partition coefficient (Wildman–Crippen LogP) is 3.36. The molecule has 1 aromatic rings. The van der Waals surface area contributed by atoms with Crippen LogP contribution in [-0.4, -0.2) is 34.9 Å². The van der Waals surface area contributed by atoms with E-state index in [1.807, 2.05) is 54.8 Å². The van der Waals surface area contributed by atoms with Crippen molar-refractivity contribution in [1.29, 1.82) is 0 Å². The van der Waals surface area contributed by atoms with Crippen LogP contribution < -0.4 is 5.73 Å². The van der Waals surface area contributed by atoms with Gasteiger partial charge in [0.1, 0.15) is 0 Å². The van der Waals surface area contributed by atoms with Crippen LogP contribution in [0.15, 0.2) is 24.3 Å². The number of nitrogens with two attached hydrogens (primary N) is 1. The first-order valence-electron chi connectivity index (χ1n) is 6.90. The molecule has 0 spiro atoms. The second-order valence-corrected chi connectivity index (χ2v) is 6.91. The van der Waals surface area contributed by atoms with Gasteiger partial charge in [-0.3, -0.25) is 4.79 Å². The fourth-order valence-corrected chi connectivity index (χ4v) is 3.53. The van der Waals surface area contributed by atoms with E-state index in [0.717, 1.165) is 28.6 Å². The molecule has 1 aromatic carbocycles. The largest absolute Gasteiger partial charge is 0.334 e. The molecule has 1 saturated heterocycles. The second-order valence-electron chi connectivity index (χ2n) is 5.32. The molecular weight excluding hydrogens is 327 g/mol. The van der Waals surface area contributed by atoms with Crippen molar-refractivity contribution in [1.82, 2.24) is 4.90 Å². The van der Waals surface area contributed by atoms with Gasteiger partial charge in [0, 0.05) is 29.1 Å². The summed E-state index contributed by atoms with van der Waals surface area (Å²) in [5.41, 5.74) is 7.02. The molecule has 1 amide bonds. The van der Waals surface area contributed by atoms with Gasteiger partial charge in [-0.2, -0.15) is 11.8 Å². The number of amides is 1. The molecule has 1 aliphatic heterocycles. The highest BCUT2D eigenvalue weighted by molar-refractivity contribution is 7.99. The van der Waals surface area contributed by atoms with Gasteiger partial charge in [0.2, 0.25) is 5.91 Å². The summed E-state index contributed by atoms with van der Waals surface area (Å²) in [6, 6.07) is 7.79. The van der Waals surface area contributed by atoms with Gasteiger partial charge < -0.3 is 10.6 Å². The molecule has 3 atom stereocenters. The van der Waals surface area contributed by atoms with Gasteiger partial charge in [0.15, 0.2) is 0 Å². The van der Waals surface area contributed by atoms with Gasteiger partial charge in [0.05, 0.1) is 12.0 Å². The molecular formula is C15H22Cl2N2OS. The Morgan fingerprint density at radius 2 is 2.00 bits per heavy atom. The van der Waals surface area contributed by atoms with Crippen molar-refractivity contribution in [2.45, 2.75) is 25.9 Å². The van der Waals surface area contributed by atoms with Crippen LogP contribution in [0.1, 0.15) is 25.5 Å². The molecule has 0 radical (unpaired) electrons. The van der Waals surface area contributed by atoms with Crippen molar-refractivity contribution < 1.29 is 4.79 Å². The molecule has 118 valence electrons. The number of carbonyl (C=O) groups excluding carboxylic acids is 1. The van der Waals surface area contributed by atoms with Crippen molar-refractivity contribution in [2.24, 2.45) is 11.7 Å². The Hall–Kier alpha value is -0.420. The lowest BCUT2D eigenvalue weighted by molar-refractivity contribution is -0.137. The van der Waals surface area contributed by atoms with Crippen molar-refractivity contribution in [3.8, 4) is 0 Å². The van der Waals surface area contributed by atoms with Crippen LogP contribution in [0, 0.1) is 5.92 Å². The summed E-state index contributed by atoms with van der Waals surface area (Å²) in [5, 5.41) is 0.721. The van der Waals surface area contributed by atoms with Crippen LogP contribution in [0.4, 0.5) is 0 Å². The van der Waals surface area contributed by atoms with Gasteiger partial charge in [-0.1, -0.05) is 30.7 Å². The maximum Gasteiger partial charge on any atom is 0.227 e. The zero-order valence-corrected chi connectivity index (χ0v) is 14.7. The van der Waals surface area contributed by atoms with Gasteiger partial charge in [-0.05, 0) is 24.6 Å². The summed E-state index contributed by atoms with van der Waals surface area (Å²) in [5.74, 6) is 1.92. The highest BCUT2D eigenvalue weighted by Crippen LogP contribution is 2.31. The van der Waals surface area contributed by atoms with Crippen LogP contribution in [0.3, 0.4) is 0 Å². The molecule has 0 aliphatic carbocycles. The number of carbonyl (C=O) groups is 1. The molecule has 2 N–H and O–H groups in total. The Labute approximate surface area is 142 Å². The molecule has 0 bridgehead atoms. The van der Waals surface area contributed by atoms with Gasteiger partial charge in [-0.15, -0.1) is 12.4 Å². The minimum Gasteiger partial charge on any atom is -0.334 e. The average Bonchev–Trinajstić information content (AvgIpc) is 2.46. The number of hydrogen-bond acceptors (Lipinski definition) is 3. The summed E-state index contributed by atoms with van der Waals surface area (Å²) < 4.78 is 0. The smallest absolute Gasteiger partial charge is 0.227 e. The number of nitrogens with zero attached hydrogens (tertiary/aromatic N) is 1. The number of thioether (sulfide) groups is 1. The Kier molecular flexibility index (Phi) is 7.34. The van der Waals surface area contributed by atoms with E-state index in [4.69, 9.17) is 17.3 Å². The van der Waals surface area contributed by atoms with E-state index < -0.39 is 0 Å². The predicted molar refractivity (Wildman–Crippen MR) is 93.3 cm³/mol. The molecule has 21 heavy (non-hydrogen) atoms. The van der Waals surface area contributed by atoms with Crippen molar-refractivity contribution in [3.63, 3.8) is 0 Å². The molecule has 6 heteroatoms. The van der Waals surface area contributed by atoms with E-state index in [1.165, 1.54) is 0 Å². The van der Waals surface area contributed by atoms with Gasteiger partial charge >= 0.3 is 0 Å².